The van der Waals surface area contributed by atoms with E-state index in [0.29, 0.717) is 0 Å². The van der Waals surface area contributed by atoms with Crippen LogP contribution in [0.1, 0.15) is 25.0 Å². The van der Waals surface area contributed by atoms with Crippen molar-refractivity contribution in [1.29, 1.82) is 0 Å². The number of fused-ring (bicyclic) bond motifs is 6. The fourth-order valence-electron chi connectivity index (χ4n) is 7.35. The van der Waals surface area contributed by atoms with E-state index in [-0.39, 0.29) is 5.41 Å². The molecule has 0 unspecified atom stereocenters. The Morgan fingerprint density at radius 3 is 1.89 bits per heavy atom. The maximum atomic E-state index is 6.96. The zero-order chi connectivity index (χ0) is 31.9. The molecule has 6 aromatic carbocycles. The maximum absolute atomic E-state index is 6.96. The third-order valence-corrected chi connectivity index (χ3v) is 17.6. The highest BCUT2D eigenvalue weighted by atomic mass is 32.2. The fourth-order valence-corrected chi connectivity index (χ4v) is 15.3. The van der Waals surface area contributed by atoms with Crippen molar-refractivity contribution < 1.29 is 4.74 Å². The molecule has 0 radical (unpaired) electrons. The zero-order valence-electron chi connectivity index (χ0n) is 26.7. The Balaban J connectivity index is 1.32. The Kier molecular flexibility index (Phi) is 6.78. The van der Waals surface area contributed by atoms with Crippen molar-refractivity contribution in [3.05, 3.63) is 139 Å². The van der Waals surface area contributed by atoms with Gasteiger partial charge in [0.1, 0.15) is 13.8 Å². The van der Waals surface area contributed by atoms with Crippen molar-refractivity contribution in [1.82, 2.24) is 0 Å². The lowest BCUT2D eigenvalue weighted by molar-refractivity contribution is 0.419. The monoisotopic (exact) mass is 679 g/mol. The smallest absolute Gasteiger partial charge is 0.155 e. The minimum Gasteiger partial charge on any atom is -0.455 e. The molecule has 0 aliphatic carbocycles. The molecule has 0 N–H and O–H groups in total. The molecule has 3 heterocycles. The van der Waals surface area contributed by atoms with Gasteiger partial charge in [-0.1, -0.05) is 141 Å². The lowest BCUT2D eigenvalue weighted by Crippen LogP contribution is -2.56. The van der Waals surface area contributed by atoms with Crippen LogP contribution in [0.4, 0.5) is 17.1 Å². The summed E-state index contributed by atoms with van der Waals surface area (Å²) in [6.45, 7) is 9.64. The number of hydrogen-bond acceptors (Lipinski definition) is 5. The summed E-state index contributed by atoms with van der Waals surface area (Å²) in [4.78, 5) is 10.4. The number of nitrogens with zero attached hydrogens (tertiary/aromatic N) is 1. The Hall–Kier alpha value is -3.81. The van der Waals surface area contributed by atoms with Crippen LogP contribution in [0.25, 0.3) is 0 Å². The van der Waals surface area contributed by atoms with Gasteiger partial charge in [0.25, 0.3) is 0 Å². The van der Waals surface area contributed by atoms with E-state index in [1.165, 1.54) is 62.2 Å². The van der Waals surface area contributed by atoms with Gasteiger partial charge >= 0.3 is 0 Å². The molecule has 0 bridgehead atoms. The molecule has 3 aliphatic heterocycles. The number of ether oxygens (including phenoxy) is 1. The number of rotatable bonds is 3. The molecule has 0 fully saturated rings. The maximum Gasteiger partial charge on any atom is 0.155 e. The normalized spacial score (nSPS) is 15.9. The first-order chi connectivity index (χ1) is 22.8. The standard InChI is InChI=1S/C41H33NOS3Si/c1-41(2)26-14-5-6-19-31(26)43-38-27(41)15-11-16-28(38)42(29-17-12-23-35-39(29)45-33-21-8-7-20-32(33)44-35)30-18-13-25-37-40(30)46-34-22-9-10-24-36(34)47(37,3)4/h5-25H,1-4H3. The average molecular weight is 680 g/mol. The molecule has 3 aliphatic rings. The number of para-hydroxylation sites is 2. The summed E-state index contributed by atoms with van der Waals surface area (Å²) in [5, 5.41) is 3.00. The topological polar surface area (TPSA) is 12.5 Å². The predicted molar refractivity (Wildman–Crippen MR) is 202 cm³/mol. The van der Waals surface area contributed by atoms with Gasteiger partial charge in [-0.2, -0.15) is 0 Å². The van der Waals surface area contributed by atoms with E-state index in [2.05, 4.69) is 159 Å². The molecule has 47 heavy (non-hydrogen) atoms. The first kappa shape index (κ1) is 29.3. The minimum absolute atomic E-state index is 0.218. The van der Waals surface area contributed by atoms with Crippen molar-refractivity contribution in [3.63, 3.8) is 0 Å². The molecule has 230 valence electrons. The van der Waals surface area contributed by atoms with E-state index in [0.717, 1.165) is 17.2 Å². The summed E-state index contributed by atoms with van der Waals surface area (Å²) in [6, 6.07) is 46.8. The summed E-state index contributed by atoms with van der Waals surface area (Å²) in [7, 11) is -1.97. The molecule has 0 atom stereocenters. The van der Waals surface area contributed by atoms with Crippen molar-refractivity contribution >= 4 is 70.8 Å². The lowest BCUT2D eigenvalue weighted by Gasteiger charge is -2.40. The summed E-state index contributed by atoms with van der Waals surface area (Å²) < 4.78 is 6.96. The van der Waals surface area contributed by atoms with Gasteiger partial charge in [0.05, 0.1) is 22.0 Å². The van der Waals surface area contributed by atoms with E-state index in [9.17, 15) is 0 Å². The van der Waals surface area contributed by atoms with Crippen LogP contribution in [-0.2, 0) is 5.41 Å². The first-order valence-corrected chi connectivity index (χ1v) is 21.5. The average Bonchev–Trinajstić information content (AvgIpc) is 3.08. The van der Waals surface area contributed by atoms with Crippen LogP contribution < -0.4 is 20.0 Å². The van der Waals surface area contributed by atoms with Gasteiger partial charge in [-0.25, -0.2) is 0 Å². The van der Waals surface area contributed by atoms with Crippen LogP contribution in [0.15, 0.2) is 157 Å². The highest BCUT2D eigenvalue weighted by Crippen LogP contribution is 2.58. The van der Waals surface area contributed by atoms with Crippen LogP contribution >= 0.6 is 35.3 Å². The molecule has 9 rings (SSSR count). The van der Waals surface area contributed by atoms with Crippen molar-refractivity contribution in [3.8, 4) is 11.5 Å². The Bertz CT molecular complexity index is 2130. The molecule has 0 amide bonds. The van der Waals surface area contributed by atoms with E-state index >= 15 is 0 Å². The molecule has 2 nitrogen and oxygen atoms in total. The third kappa shape index (κ3) is 4.49. The van der Waals surface area contributed by atoms with Crippen molar-refractivity contribution in [2.45, 2.75) is 61.7 Å². The first-order valence-electron chi connectivity index (χ1n) is 16.0. The van der Waals surface area contributed by atoms with Gasteiger partial charge in [-0.3, -0.25) is 0 Å². The van der Waals surface area contributed by atoms with Gasteiger partial charge in [-0.15, -0.1) is 0 Å². The third-order valence-electron chi connectivity index (χ3n) is 9.84. The zero-order valence-corrected chi connectivity index (χ0v) is 30.2. The van der Waals surface area contributed by atoms with Crippen LogP contribution in [0.2, 0.25) is 13.1 Å². The largest absolute Gasteiger partial charge is 0.455 e. The highest BCUT2D eigenvalue weighted by molar-refractivity contribution is 8.05. The Morgan fingerprint density at radius 2 is 1.06 bits per heavy atom. The SMILES string of the molecule is CC1(C)c2ccccc2Oc2c(N(c3cccc4c3Sc3ccccc3S4)c3cccc4c3Sc3ccccc3[Si]4(C)C)cccc21. The second-order valence-corrected chi connectivity index (χ2v) is 20.9. The summed E-state index contributed by atoms with van der Waals surface area (Å²) in [5.74, 6) is 1.86. The second-order valence-electron chi connectivity index (χ2n) is 13.3. The number of benzene rings is 6. The van der Waals surface area contributed by atoms with Gasteiger partial charge in [0.15, 0.2) is 5.75 Å². The van der Waals surface area contributed by atoms with Gasteiger partial charge in [0, 0.05) is 41.0 Å². The molecule has 0 saturated carbocycles. The lowest BCUT2D eigenvalue weighted by atomic mass is 9.75. The fraction of sp³-hybridized carbons (Fsp3) is 0.122. The van der Waals surface area contributed by atoms with Gasteiger partial charge in [0.2, 0.25) is 0 Å². The van der Waals surface area contributed by atoms with Crippen molar-refractivity contribution in [2.24, 2.45) is 0 Å². The molecule has 0 spiro atoms. The van der Waals surface area contributed by atoms with E-state index < -0.39 is 8.07 Å². The van der Waals surface area contributed by atoms with Crippen LogP contribution in [0, 0.1) is 0 Å². The van der Waals surface area contributed by atoms with Crippen LogP contribution in [-0.4, -0.2) is 8.07 Å². The second kappa shape index (κ2) is 10.9. The van der Waals surface area contributed by atoms with Crippen LogP contribution in [0.5, 0.6) is 11.5 Å². The molecule has 6 aromatic rings. The predicted octanol–water partition coefficient (Wildman–Crippen LogP) is 11.5. The number of hydrogen-bond donors (Lipinski definition) is 0. The van der Waals surface area contributed by atoms with Gasteiger partial charge < -0.3 is 9.64 Å². The molecular formula is C41H33NOS3Si. The molecule has 0 saturated heterocycles. The summed E-state index contributed by atoms with van der Waals surface area (Å²) >= 11 is 5.66. The van der Waals surface area contributed by atoms with Gasteiger partial charge in [-0.05, 0) is 58.9 Å². The van der Waals surface area contributed by atoms with Crippen LogP contribution in [0.3, 0.4) is 0 Å². The Morgan fingerprint density at radius 1 is 0.511 bits per heavy atom. The highest BCUT2D eigenvalue weighted by Gasteiger charge is 2.40. The van der Waals surface area contributed by atoms with E-state index in [1.54, 1.807) is 0 Å². The summed E-state index contributed by atoms with van der Waals surface area (Å²) in [5.41, 5.74) is 5.65. The van der Waals surface area contributed by atoms with E-state index in [4.69, 9.17) is 4.74 Å². The molecule has 0 aromatic heterocycles. The van der Waals surface area contributed by atoms with E-state index in [1.807, 2.05) is 35.3 Å². The molecule has 6 heteroatoms. The minimum atomic E-state index is -1.97. The molecular weight excluding hydrogens is 647 g/mol. The Labute approximate surface area is 290 Å². The summed E-state index contributed by atoms with van der Waals surface area (Å²) in [6.07, 6.45) is 0. The quantitative estimate of drug-likeness (QED) is 0.172. The number of anilines is 3. The van der Waals surface area contributed by atoms with Crippen molar-refractivity contribution in [2.75, 3.05) is 4.90 Å².